The van der Waals surface area contributed by atoms with Gasteiger partial charge in [0.05, 0.1) is 0 Å². The van der Waals surface area contributed by atoms with Crippen molar-refractivity contribution in [3.63, 3.8) is 0 Å². The van der Waals surface area contributed by atoms with Crippen molar-refractivity contribution in [1.29, 1.82) is 0 Å². The summed E-state index contributed by atoms with van der Waals surface area (Å²) in [5, 5.41) is 0. The molecule has 0 radical (unpaired) electrons. The lowest BCUT2D eigenvalue weighted by molar-refractivity contribution is 0.207. The van der Waals surface area contributed by atoms with Crippen molar-refractivity contribution >= 4 is 0 Å². The third-order valence-electron chi connectivity index (χ3n) is 4.28. The highest BCUT2D eigenvalue weighted by atomic mass is 15.2. The van der Waals surface area contributed by atoms with Gasteiger partial charge in [-0.05, 0) is 50.3 Å². The van der Waals surface area contributed by atoms with Crippen molar-refractivity contribution in [1.82, 2.24) is 4.90 Å². The molecule has 0 aliphatic heterocycles. The summed E-state index contributed by atoms with van der Waals surface area (Å²) in [7, 11) is 2.21. The van der Waals surface area contributed by atoms with Crippen LogP contribution < -0.4 is 5.73 Å². The van der Waals surface area contributed by atoms with Crippen LogP contribution in [-0.2, 0) is 0 Å². The van der Waals surface area contributed by atoms with Crippen molar-refractivity contribution in [2.75, 3.05) is 13.6 Å². The number of hydrogen-bond acceptors (Lipinski definition) is 2. The Bertz CT molecular complexity index is 400. The van der Waals surface area contributed by atoms with E-state index in [0.29, 0.717) is 6.04 Å². The van der Waals surface area contributed by atoms with E-state index in [-0.39, 0.29) is 6.04 Å². The molecule has 1 saturated carbocycles. The van der Waals surface area contributed by atoms with Gasteiger partial charge in [0, 0.05) is 18.6 Å². The van der Waals surface area contributed by atoms with E-state index in [0.717, 1.165) is 11.8 Å². The van der Waals surface area contributed by atoms with E-state index in [1.54, 1.807) is 0 Å². The first-order valence-electron chi connectivity index (χ1n) is 7.02. The van der Waals surface area contributed by atoms with Crippen LogP contribution in [0.5, 0.6) is 0 Å². The number of nitrogens with zero attached hydrogens (tertiary/aromatic N) is 1. The van der Waals surface area contributed by atoms with Gasteiger partial charge < -0.3 is 5.73 Å². The van der Waals surface area contributed by atoms with E-state index in [1.165, 1.54) is 24.1 Å². The number of likely N-dealkylation sites (N-methyl/N-ethyl adjacent to an activating group) is 1. The standard InChI is InChI=1S/C16H26N2/c1-11-7-5-6-8-15(11)16(13(3)17)18(4)10-14-9-12(14)2/h5-8,12-14,16H,9-10,17H2,1-4H3. The Kier molecular flexibility index (Phi) is 4.08. The first-order valence-corrected chi connectivity index (χ1v) is 7.02. The van der Waals surface area contributed by atoms with Crippen molar-refractivity contribution in [2.45, 2.75) is 39.3 Å². The van der Waals surface area contributed by atoms with Gasteiger partial charge in [-0.1, -0.05) is 31.2 Å². The van der Waals surface area contributed by atoms with Gasteiger partial charge in [-0.2, -0.15) is 0 Å². The van der Waals surface area contributed by atoms with Gasteiger partial charge in [0.2, 0.25) is 0 Å². The number of benzene rings is 1. The maximum atomic E-state index is 6.23. The quantitative estimate of drug-likeness (QED) is 0.865. The van der Waals surface area contributed by atoms with Crippen molar-refractivity contribution < 1.29 is 0 Å². The van der Waals surface area contributed by atoms with Crippen molar-refractivity contribution in [3.05, 3.63) is 35.4 Å². The zero-order valence-corrected chi connectivity index (χ0v) is 12.1. The Labute approximate surface area is 111 Å². The van der Waals surface area contributed by atoms with Gasteiger partial charge in [-0.3, -0.25) is 4.90 Å². The normalized spacial score (nSPS) is 26.1. The second kappa shape index (κ2) is 5.41. The Morgan fingerprint density at radius 2 is 2.00 bits per heavy atom. The minimum atomic E-state index is 0.158. The van der Waals surface area contributed by atoms with Gasteiger partial charge in [-0.25, -0.2) is 0 Å². The number of nitrogens with two attached hydrogens (primary N) is 1. The molecule has 18 heavy (non-hydrogen) atoms. The Morgan fingerprint density at radius 1 is 1.39 bits per heavy atom. The molecule has 2 rings (SSSR count). The summed E-state index contributed by atoms with van der Waals surface area (Å²) in [6.07, 6.45) is 1.38. The number of rotatable bonds is 5. The third-order valence-corrected chi connectivity index (χ3v) is 4.28. The minimum absolute atomic E-state index is 0.158. The van der Waals surface area contributed by atoms with Crippen LogP contribution in [-0.4, -0.2) is 24.5 Å². The molecule has 1 aromatic carbocycles. The van der Waals surface area contributed by atoms with E-state index in [1.807, 2.05) is 0 Å². The summed E-state index contributed by atoms with van der Waals surface area (Å²) in [6, 6.07) is 9.10. The summed E-state index contributed by atoms with van der Waals surface area (Å²) in [5.74, 6) is 1.78. The summed E-state index contributed by atoms with van der Waals surface area (Å²) in [6.45, 7) is 7.80. The topological polar surface area (TPSA) is 29.3 Å². The Balaban J connectivity index is 2.15. The molecule has 1 aromatic rings. The van der Waals surface area contributed by atoms with Gasteiger partial charge >= 0.3 is 0 Å². The second-order valence-corrected chi connectivity index (χ2v) is 6.07. The molecule has 0 bridgehead atoms. The van der Waals surface area contributed by atoms with Gasteiger partial charge in [-0.15, -0.1) is 0 Å². The summed E-state index contributed by atoms with van der Waals surface area (Å²) in [5.41, 5.74) is 8.95. The molecule has 1 fully saturated rings. The second-order valence-electron chi connectivity index (χ2n) is 6.07. The highest BCUT2D eigenvalue weighted by molar-refractivity contribution is 5.29. The fourth-order valence-electron chi connectivity index (χ4n) is 2.98. The first-order chi connectivity index (χ1) is 8.50. The van der Waals surface area contributed by atoms with Crippen molar-refractivity contribution in [2.24, 2.45) is 17.6 Å². The fraction of sp³-hybridized carbons (Fsp3) is 0.625. The van der Waals surface area contributed by atoms with E-state index >= 15 is 0 Å². The van der Waals surface area contributed by atoms with Crippen LogP contribution in [0.15, 0.2) is 24.3 Å². The highest BCUT2D eigenvalue weighted by Gasteiger charge is 2.35. The molecule has 2 N–H and O–H groups in total. The summed E-state index contributed by atoms with van der Waals surface area (Å²) in [4.78, 5) is 2.45. The first kappa shape index (κ1) is 13.6. The molecule has 100 valence electrons. The largest absolute Gasteiger partial charge is 0.326 e. The molecule has 4 atom stereocenters. The molecular weight excluding hydrogens is 220 g/mol. The van der Waals surface area contributed by atoms with Crippen LogP contribution in [0.3, 0.4) is 0 Å². The average molecular weight is 246 g/mol. The highest BCUT2D eigenvalue weighted by Crippen LogP contribution is 2.39. The molecule has 0 heterocycles. The van der Waals surface area contributed by atoms with Crippen molar-refractivity contribution in [3.8, 4) is 0 Å². The summed E-state index contributed by atoms with van der Waals surface area (Å²) >= 11 is 0. The Morgan fingerprint density at radius 3 is 2.50 bits per heavy atom. The third kappa shape index (κ3) is 2.93. The SMILES string of the molecule is Cc1ccccc1C(C(C)N)N(C)CC1CC1C. The lowest BCUT2D eigenvalue weighted by Crippen LogP contribution is -2.38. The molecule has 0 spiro atoms. The molecule has 0 aromatic heterocycles. The molecule has 2 heteroatoms. The van der Waals surface area contributed by atoms with Crippen LogP contribution in [0.25, 0.3) is 0 Å². The molecule has 1 aliphatic rings. The van der Waals surface area contributed by atoms with Crippen LogP contribution >= 0.6 is 0 Å². The van der Waals surface area contributed by atoms with Crippen LogP contribution in [0.4, 0.5) is 0 Å². The van der Waals surface area contributed by atoms with Gasteiger partial charge in [0.1, 0.15) is 0 Å². The molecule has 2 nitrogen and oxygen atoms in total. The summed E-state index contributed by atoms with van der Waals surface area (Å²) < 4.78 is 0. The molecule has 0 amide bonds. The number of hydrogen-bond donors (Lipinski definition) is 1. The van der Waals surface area contributed by atoms with Gasteiger partial charge in [0.25, 0.3) is 0 Å². The molecule has 4 unspecified atom stereocenters. The van der Waals surface area contributed by atoms with E-state index in [4.69, 9.17) is 5.73 Å². The van der Waals surface area contributed by atoms with Crippen LogP contribution in [0.2, 0.25) is 0 Å². The average Bonchev–Trinajstić information content (AvgIpc) is 2.97. The minimum Gasteiger partial charge on any atom is -0.326 e. The smallest absolute Gasteiger partial charge is 0.0496 e. The molecular formula is C16H26N2. The van der Waals surface area contributed by atoms with E-state index in [2.05, 4.69) is 57.0 Å². The lowest BCUT2D eigenvalue weighted by Gasteiger charge is -2.32. The Hall–Kier alpha value is -0.860. The monoisotopic (exact) mass is 246 g/mol. The van der Waals surface area contributed by atoms with E-state index in [9.17, 15) is 0 Å². The number of aryl methyl sites for hydroxylation is 1. The van der Waals surface area contributed by atoms with Gasteiger partial charge in [0.15, 0.2) is 0 Å². The molecule has 0 saturated heterocycles. The molecule has 1 aliphatic carbocycles. The lowest BCUT2D eigenvalue weighted by atomic mass is 9.95. The fourth-order valence-corrected chi connectivity index (χ4v) is 2.98. The zero-order chi connectivity index (χ0) is 13.3. The maximum Gasteiger partial charge on any atom is 0.0496 e. The van der Waals surface area contributed by atoms with E-state index < -0.39 is 0 Å². The van der Waals surface area contributed by atoms with Crippen LogP contribution in [0, 0.1) is 18.8 Å². The predicted octanol–water partition coefficient (Wildman–Crippen LogP) is 2.97. The maximum absolute atomic E-state index is 6.23. The predicted molar refractivity (Wildman–Crippen MR) is 77.5 cm³/mol. The zero-order valence-electron chi connectivity index (χ0n) is 12.1. The van der Waals surface area contributed by atoms with Crippen LogP contribution in [0.1, 0.15) is 37.4 Å².